The molecule has 0 radical (unpaired) electrons. The number of aromatic nitrogens is 2. The van der Waals surface area contributed by atoms with Gasteiger partial charge in [0.05, 0.1) is 22.6 Å². The molecule has 1 aromatic carbocycles. The number of pyridine rings is 1. The van der Waals surface area contributed by atoms with Crippen molar-refractivity contribution in [3.63, 3.8) is 0 Å². The predicted octanol–water partition coefficient (Wildman–Crippen LogP) is 2.13. The summed E-state index contributed by atoms with van der Waals surface area (Å²) >= 11 is 0. The average molecular weight is 379 g/mol. The number of amides is 1. The molecule has 1 amide bonds. The van der Waals surface area contributed by atoms with Gasteiger partial charge < -0.3 is 4.90 Å². The normalized spacial score (nSPS) is 15.1. The molecule has 0 N–H and O–H groups in total. The van der Waals surface area contributed by atoms with Crippen LogP contribution in [0.25, 0.3) is 5.52 Å². The molecule has 0 saturated carbocycles. The second-order valence-corrected chi connectivity index (χ2v) is 6.96. The number of nitrogens with zero attached hydrogens (tertiary/aromatic N) is 5. The van der Waals surface area contributed by atoms with Crippen LogP contribution in [0.3, 0.4) is 0 Å². The van der Waals surface area contributed by atoms with Gasteiger partial charge in [-0.1, -0.05) is 18.2 Å². The zero-order valence-corrected chi connectivity index (χ0v) is 15.4. The van der Waals surface area contributed by atoms with Gasteiger partial charge in [-0.3, -0.25) is 19.8 Å². The molecule has 28 heavy (non-hydrogen) atoms. The average Bonchev–Trinajstić information content (AvgIpc) is 3.11. The van der Waals surface area contributed by atoms with Gasteiger partial charge in [-0.25, -0.2) is 4.52 Å². The molecular formula is C20H21N5O3. The molecule has 3 aromatic rings. The fourth-order valence-electron chi connectivity index (χ4n) is 3.47. The maximum atomic E-state index is 12.5. The van der Waals surface area contributed by atoms with Crippen LogP contribution in [0.2, 0.25) is 0 Å². The summed E-state index contributed by atoms with van der Waals surface area (Å²) in [5.41, 5.74) is 2.94. The summed E-state index contributed by atoms with van der Waals surface area (Å²) in [4.78, 5) is 27.0. The number of hydrogen-bond donors (Lipinski definition) is 0. The van der Waals surface area contributed by atoms with E-state index in [0.717, 1.165) is 36.4 Å². The molecule has 3 heterocycles. The Morgan fingerprint density at radius 1 is 1.07 bits per heavy atom. The standard InChI is InChI=1S/C20H21N5O3/c26-20(13-16-4-6-18(7-5-16)25(27)28)23-11-9-22(10-12-23)15-17-14-19-3-1-2-8-24(19)21-17/h1-8,14H,9-13,15H2. The zero-order chi connectivity index (χ0) is 19.5. The van der Waals surface area contributed by atoms with E-state index in [0.29, 0.717) is 13.1 Å². The lowest BCUT2D eigenvalue weighted by molar-refractivity contribution is -0.384. The van der Waals surface area contributed by atoms with Crippen molar-refractivity contribution in [3.05, 3.63) is 76.1 Å². The van der Waals surface area contributed by atoms with E-state index in [9.17, 15) is 14.9 Å². The predicted molar refractivity (Wildman–Crippen MR) is 104 cm³/mol. The van der Waals surface area contributed by atoms with E-state index in [1.165, 1.54) is 12.1 Å². The van der Waals surface area contributed by atoms with Gasteiger partial charge in [-0.05, 0) is 23.8 Å². The second kappa shape index (κ2) is 7.77. The van der Waals surface area contributed by atoms with Crippen LogP contribution in [0, 0.1) is 10.1 Å². The lowest BCUT2D eigenvalue weighted by Gasteiger charge is -2.34. The summed E-state index contributed by atoms with van der Waals surface area (Å²) in [7, 11) is 0. The zero-order valence-electron chi connectivity index (χ0n) is 15.4. The van der Waals surface area contributed by atoms with Crippen LogP contribution in [-0.2, 0) is 17.8 Å². The number of nitro groups is 1. The fraction of sp³-hybridized carbons (Fsp3) is 0.300. The van der Waals surface area contributed by atoms with E-state index in [1.54, 1.807) is 12.1 Å². The highest BCUT2D eigenvalue weighted by Crippen LogP contribution is 2.14. The molecule has 2 aromatic heterocycles. The van der Waals surface area contributed by atoms with Crippen LogP contribution < -0.4 is 0 Å². The number of non-ortho nitro benzene ring substituents is 1. The van der Waals surface area contributed by atoms with Gasteiger partial charge in [0.25, 0.3) is 5.69 Å². The van der Waals surface area contributed by atoms with Crippen LogP contribution in [0.1, 0.15) is 11.3 Å². The van der Waals surface area contributed by atoms with Crippen LogP contribution in [-0.4, -0.2) is 56.4 Å². The minimum Gasteiger partial charge on any atom is -0.340 e. The van der Waals surface area contributed by atoms with Gasteiger partial charge >= 0.3 is 0 Å². The van der Waals surface area contributed by atoms with E-state index >= 15 is 0 Å². The number of hydrogen-bond acceptors (Lipinski definition) is 5. The molecule has 1 aliphatic heterocycles. The topological polar surface area (TPSA) is 84.0 Å². The van der Waals surface area contributed by atoms with Crippen LogP contribution >= 0.6 is 0 Å². The minimum atomic E-state index is -0.437. The highest BCUT2D eigenvalue weighted by Gasteiger charge is 2.22. The molecule has 1 fully saturated rings. The number of rotatable bonds is 5. The van der Waals surface area contributed by atoms with Gasteiger partial charge in [-0.2, -0.15) is 5.10 Å². The number of carbonyl (C=O) groups is 1. The van der Waals surface area contributed by atoms with Crippen LogP contribution in [0.5, 0.6) is 0 Å². The van der Waals surface area contributed by atoms with Gasteiger partial charge in [0.1, 0.15) is 0 Å². The Hall–Kier alpha value is -3.26. The number of carbonyl (C=O) groups excluding carboxylic acids is 1. The van der Waals surface area contributed by atoms with Crippen molar-refractivity contribution in [3.8, 4) is 0 Å². The van der Waals surface area contributed by atoms with Crippen molar-refractivity contribution >= 4 is 17.1 Å². The molecule has 1 saturated heterocycles. The molecule has 4 rings (SSSR count). The summed E-state index contributed by atoms with van der Waals surface area (Å²) < 4.78 is 1.87. The summed E-state index contributed by atoms with van der Waals surface area (Å²) in [5, 5.41) is 15.3. The lowest BCUT2D eigenvalue weighted by Crippen LogP contribution is -2.48. The number of benzene rings is 1. The van der Waals surface area contributed by atoms with E-state index < -0.39 is 4.92 Å². The highest BCUT2D eigenvalue weighted by atomic mass is 16.6. The van der Waals surface area contributed by atoms with Crippen molar-refractivity contribution in [1.82, 2.24) is 19.4 Å². The Morgan fingerprint density at radius 2 is 1.82 bits per heavy atom. The second-order valence-electron chi connectivity index (χ2n) is 6.96. The first-order valence-electron chi connectivity index (χ1n) is 9.25. The Labute approximate surface area is 162 Å². The van der Waals surface area contributed by atoms with Crippen molar-refractivity contribution < 1.29 is 9.72 Å². The first-order valence-corrected chi connectivity index (χ1v) is 9.25. The summed E-state index contributed by atoms with van der Waals surface area (Å²) in [5.74, 6) is 0.0567. The van der Waals surface area contributed by atoms with Gasteiger partial charge in [-0.15, -0.1) is 0 Å². The lowest BCUT2D eigenvalue weighted by atomic mass is 10.1. The molecule has 0 bridgehead atoms. The first-order chi connectivity index (χ1) is 13.6. The van der Waals surface area contributed by atoms with Crippen LogP contribution in [0.4, 0.5) is 5.69 Å². The van der Waals surface area contributed by atoms with Crippen molar-refractivity contribution in [2.45, 2.75) is 13.0 Å². The third kappa shape index (κ3) is 4.01. The third-order valence-corrected chi connectivity index (χ3v) is 5.03. The Bertz CT molecular complexity index is 958. The SMILES string of the molecule is O=C(Cc1ccc([N+](=O)[O-])cc1)N1CCN(Cc2cc3ccccn3n2)CC1. The Morgan fingerprint density at radius 3 is 2.50 bits per heavy atom. The minimum absolute atomic E-state index is 0.0387. The maximum absolute atomic E-state index is 12.5. The van der Waals surface area contributed by atoms with E-state index in [2.05, 4.69) is 16.1 Å². The van der Waals surface area contributed by atoms with Gasteiger partial charge in [0, 0.05) is 51.1 Å². The van der Waals surface area contributed by atoms with Crippen molar-refractivity contribution in [2.75, 3.05) is 26.2 Å². The number of fused-ring (bicyclic) bond motifs is 1. The molecule has 8 heteroatoms. The molecule has 1 aliphatic rings. The molecule has 144 valence electrons. The largest absolute Gasteiger partial charge is 0.340 e. The fourth-order valence-corrected chi connectivity index (χ4v) is 3.47. The molecule has 8 nitrogen and oxygen atoms in total. The Balaban J connectivity index is 1.29. The monoisotopic (exact) mass is 379 g/mol. The summed E-state index contributed by atoms with van der Waals surface area (Å²) in [6, 6.07) is 14.3. The Kier molecular flexibility index (Phi) is 5.03. The van der Waals surface area contributed by atoms with Gasteiger partial charge in [0.15, 0.2) is 0 Å². The molecule has 0 spiro atoms. The van der Waals surface area contributed by atoms with E-state index in [-0.39, 0.29) is 18.0 Å². The smallest absolute Gasteiger partial charge is 0.269 e. The van der Waals surface area contributed by atoms with E-state index in [4.69, 9.17) is 0 Å². The summed E-state index contributed by atoms with van der Waals surface area (Å²) in [6.45, 7) is 3.74. The van der Waals surface area contributed by atoms with E-state index in [1.807, 2.05) is 33.8 Å². The molecule has 0 aliphatic carbocycles. The van der Waals surface area contributed by atoms with Crippen molar-refractivity contribution in [2.24, 2.45) is 0 Å². The maximum Gasteiger partial charge on any atom is 0.269 e. The quantitative estimate of drug-likeness (QED) is 0.501. The first kappa shape index (κ1) is 18.1. The van der Waals surface area contributed by atoms with Gasteiger partial charge in [0.2, 0.25) is 5.91 Å². The third-order valence-electron chi connectivity index (χ3n) is 5.03. The molecule has 0 atom stereocenters. The van der Waals surface area contributed by atoms with Crippen molar-refractivity contribution in [1.29, 1.82) is 0 Å². The highest BCUT2D eigenvalue weighted by molar-refractivity contribution is 5.79. The van der Waals surface area contributed by atoms with Crippen LogP contribution in [0.15, 0.2) is 54.7 Å². The number of nitro benzene ring substituents is 1. The number of piperazine rings is 1. The molecule has 0 unspecified atom stereocenters. The molecular weight excluding hydrogens is 358 g/mol. The summed E-state index contributed by atoms with van der Waals surface area (Å²) in [6.07, 6.45) is 2.21.